The summed E-state index contributed by atoms with van der Waals surface area (Å²) >= 11 is 1.89. The molecule has 0 unspecified atom stereocenters. The van der Waals surface area contributed by atoms with Crippen LogP contribution in [0.2, 0.25) is 0 Å². The molecule has 7 heteroatoms. The molecule has 1 aliphatic heterocycles. The minimum absolute atomic E-state index is 0. The summed E-state index contributed by atoms with van der Waals surface area (Å²) in [5.41, 5.74) is 1.50. The number of nitrogens with zero attached hydrogens (tertiary/aromatic N) is 2. The van der Waals surface area contributed by atoms with Crippen molar-refractivity contribution < 1.29 is 4.74 Å². The molecule has 2 N–H and O–H groups in total. The van der Waals surface area contributed by atoms with E-state index in [4.69, 9.17) is 4.74 Å². The molecule has 5 nitrogen and oxygen atoms in total. The van der Waals surface area contributed by atoms with Crippen molar-refractivity contribution in [2.24, 2.45) is 4.99 Å². The first-order valence-electron chi connectivity index (χ1n) is 8.21. The first-order valence-corrected chi connectivity index (χ1v) is 9.09. The summed E-state index contributed by atoms with van der Waals surface area (Å²) in [5.74, 6) is 0.885. The standard InChI is InChI=1S/C16H28N4OS.HI/c1-3-17-16(19-8-11-21-4-2)18-7-10-20-9-5-15-14(13-20)6-12-22-15;/h6,12H,3-5,7-11,13H2,1-2H3,(H2,17,18,19);1H. The van der Waals surface area contributed by atoms with Gasteiger partial charge in [0.05, 0.1) is 13.2 Å². The van der Waals surface area contributed by atoms with Crippen LogP contribution in [-0.2, 0) is 17.7 Å². The molecule has 132 valence electrons. The van der Waals surface area contributed by atoms with Crippen LogP contribution in [0.5, 0.6) is 0 Å². The summed E-state index contributed by atoms with van der Waals surface area (Å²) in [6.45, 7) is 11.3. The van der Waals surface area contributed by atoms with Crippen LogP contribution in [0.3, 0.4) is 0 Å². The van der Waals surface area contributed by atoms with Gasteiger partial charge in [-0.25, -0.2) is 0 Å². The minimum Gasteiger partial charge on any atom is -0.380 e. The molecule has 23 heavy (non-hydrogen) atoms. The van der Waals surface area contributed by atoms with E-state index in [1.807, 2.05) is 18.3 Å². The molecule has 1 aromatic heterocycles. The lowest BCUT2D eigenvalue weighted by Gasteiger charge is -2.26. The van der Waals surface area contributed by atoms with Crippen molar-refractivity contribution in [3.8, 4) is 0 Å². The highest BCUT2D eigenvalue weighted by Gasteiger charge is 2.16. The number of fused-ring (bicyclic) bond motifs is 1. The zero-order valence-electron chi connectivity index (χ0n) is 14.1. The topological polar surface area (TPSA) is 48.9 Å². The van der Waals surface area contributed by atoms with Gasteiger partial charge in [-0.15, -0.1) is 35.3 Å². The molecule has 0 bridgehead atoms. The molecule has 1 aliphatic rings. The van der Waals surface area contributed by atoms with E-state index >= 15 is 0 Å². The lowest BCUT2D eigenvalue weighted by Crippen LogP contribution is -2.40. The maximum absolute atomic E-state index is 5.33. The van der Waals surface area contributed by atoms with Gasteiger partial charge in [0.1, 0.15) is 0 Å². The molecule has 0 amide bonds. The van der Waals surface area contributed by atoms with Gasteiger partial charge >= 0.3 is 0 Å². The number of ether oxygens (including phenoxy) is 1. The second-order valence-corrected chi connectivity index (χ2v) is 6.28. The minimum atomic E-state index is 0. The van der Waals surface area contributed by atoms with Crippen LogP contribution in [0.15, 0.2) is 16.4 Å². The van der Waals surface area contributed by atoms with Crippen LogP contribution in [0.4, 0.5) is 0 Å². The Morgan fingerprint density at radius 3 is 3.04 bits per heavy atom. The molecule has 0 fully saturated rings. The summed E-state index contributed by atoms with van der Waals surface area (Å²) in [6.07, 6.45) is 1.18. The van der Waals surface area contributed by atoms with E-state index in [9.17, 15) is 0 Å². The van der Waals surface area contributed by atoms with E-state index in [1.165, 1.54) is 12.0 Å². The van der Waals surface area contributed by atoms with E-state index in [0.717, 1.165) is 51.8 Å². The Labute approximate surface area is 160 Å². The number of aliphatic imine (C=N–C) groups is 1. The van der Waals surface area contributed by atoms with Gasteiger partial charge in [-0.05, 0) is 37.3 Å². The highest BCUT2D eigenvalue weighted by atomic mass is 127. The molecule has 0 aliphatic carbocycles. The summed E-state index contributed by atoms with van der Waals surface area (Å²) in [6, 6.07) is 2.26. The van der Waals surface area contributed by atoms with Crippen LogP contribution in [-0.4, -0.2) is 56.8 Å². The summed E-state index contributed by atoms with van der Waals surface area (Å²) < 4.78 is 5.33. The molecule has 2 heterocycles. The van der Waals surface area contributed by atoms with Crippen molar-refractivity contribution in [3.63, 3.8) is 0 Å². The number of nitrogens with one attached hydrogen (secondary N) is 2. The van der Waals surface area contributed by atoms with Gasteiger partial charge in [0.2, 0.25) is 0 Å². The van der Waals surface area contributed by atoms with Gasteiger partial charge in [-0.1, -0.05) is 0 Å². The highest BCUT2D eigenvalue weighted by molar-refractivity contribution is 14.0. The maximum atomic E-state index is 5.33. The molecular formula is C16H29IN4OS. The Kier molecular flexibility index (Phi) is 10.8. The van der Waals surface area contributed by atoms with Crippen LogP contribution in [0, 0.1) is 0 Å². The van der Waals surface area contributed by atoms with Crippen molar-refractivity contribution in [3.05, 3.63) is 21.9 Å². The zero-order valence-corrected chi connectivity index (χ0v) is 17.3. The highest BCUT2D eigenvalue weighted by Crippen LogP contribution is 2.23. The van der Waals surface area contributed by atoms with Crippen LogP contribution < -0.4 is 10.6 Å². The van der Waals surface area contributed by atoms with Gasteiger partial charge in [-0.3, -0.25) is 9.89 Å². The van der Waals surface area contributed by atoms with Gasteiger partial charge < -0.3 is 15.4 Å². The Bertz CT molecular complexity index is 467. The second kappa shape index (κ2) is 12.0. The van der Waals surface area contributed by atoms with Crippen LogP contribution in [0.25, 0.3) is 0 Å². The smallest absolute Gasteiger partial charge is 0.191 e. The predicted molar refractivity (Wildman–Crippen MR) is 109 cm³/mol. The summed E-state index contributed by atoms with van der Waals surface area (Å²) in [7, 11) is 0. The average molecular weight is 452 g/mol. The van der Waals surface area contributed by atoms with E-state index in [0.29, 0.717) is 6.61 Å². The van der Waals surface area contributed by atoms with Gasteiger partial charge in [-0.2, -0.15) is 0 Å². The number of hydrogen-bond donors (Lipinski definition) is 2. The lowest BCUT2D eigenvalue weighted by atomic mass is 10.1. The number of rotatable bonds is 8. The molecule has 2 rings (SSSR count). The zero-order chi connectivity index (χ0) is 15.6. The summed E-state index contributed by atoms with van der Waals surface area (Å²) in [5, 5.41) is 8.78. The lowest BCUT2D eigenvalue weighted by molar-refractivity contribution is 0.152. The Morgan fingerprint density at radius 2 is 2.26 bits per heavy atom. The maximum Gasteiger partial charge on any atom is 0.191 e. The number of guanidine groups is 1. The number of hydrogen-bond acceptors (Lipinski definition) is 4. The normalized spacial score (nSPS) is 15.0. The Morgan fingerprint density at radius 1 is 1.39 bits per heavy atom. The first-order chi connectivity index (χ1) is 10.8. The molecular weight excluding hydrogens is 423 g/mol. The fourth-order valence-corrected chi connectivity index (χ4v) is 3.42. The van der Waals surface area contributed by atoms with E-state index in [-0.39, 0.29) is 24.0 Å². The fraction of sp³-hybridized carbons (Fsp3) is 0.688. The van der Waals surface area contributed by atoms with Gasteiger partial charge in [0.25, 0.3) is 0 Å². The first kappa shape index (κ1) is 20.7. The quantitative estimate of drug-likeness (QED) is 0.275. The average Bonchev–Trinajstić information content (AvgIpc) is 2.99. The third-order valence-corrected chi connectivity index (χ3v) is 4.68. The Hall–Kier alpha value is -0.380. The van der Waals surface area contributed by atoms with E-state index in [2.05, 4.69) is 38.9 Å². The molecule has 0 saturated heterocycles. The second-order valence-electron chi connectivity index (χ2n) is 5.28. The molecule has 0 spiro atoms. The fourth-order valence-electron chi connectivity index (χ4n) is 2.53. The van der Waals surface area contributed by atoms with Crippen molar-refractivity contribution in [1.82, 2.24) is 15.5 Å². The third kappa shape index (κ3) is 7.36. The van der Waals surface area contributed by atoms with Crippen LogP contribution in [0.1, 0.15) is 24.3 Å². The molecule has 0 atom stereocenters. The number of halogens is 1. The van der Waals surface area contributed by atoms with E-state index in [1.54, 1.807) is 4.88 Å². The predicted octanol–water partition coefficient (Wildman–Crippen LogP) is 2.32. The van der Waals surface area contributed by atoms with Crippen molar-refractivity contribution in [1.29, 1.82) is 0 Å². The van der Waals surface area contributed by atoms with E-state index < -0.39 is 0 Å². The Balaban J connectivity index is 0.00000264. The van der Waals surface area contributed by atoms with Crippen molar-refractivity contribution >= 4 is 41.3 Å². The summed E-state index contributed by atoms with van der Waals surface area (Å²) in [4.78, 5) is 8.70. The van der Waals surface area contributed by atoms with Crippen molar-refractivity contribution in [2.75, 3.05) is 45.9 Å². The van der Waals surface area contributed by atoms with Crippen LogP contribution >= 0.6 is 35.3 Å². The molecule has 0 aromatic carbocycles. The monoisotopic (exact) mass is 452 g/mol. The van der Waals surface area contributed by atoms with Gasteiger partial charge in [0.15, 0.2) is 5.96 Å². The van der Waals surface area contributed by atoms with Gasteiger partial charge in [0, 0.05) is 44.2 Å². The number of thiophene rings is 1. The third-order valence-electron chi connectivity index (χ3n) is 3.66. The van der Waals surface area contributed by atoms with Crippen molar-refractivity contribution in [2.45, 2.75) is 26.8 Å². The molecule has 1 aromatic rings. The SMILES string of the molecule is CCNC(=NCCN1CCc2sccc2C1)NCCOCC.I. The molecule has 0 saturated carbocycles. The molecule has 0 radical (unpaired) electrons. The largest absolute Gasteiger partial charge is 0.380 e.